The molecular weight excluding hydrogens is 785 g/mol. The lowest BCUT2D eigenvalue weighted by Gasteiger charge is -2.37. The van der Waals surface area contributed by atoms with Crippen LogP contribution in [-0.4, -0.2) is 93.1 Å². The highest BCUT2D eigenvalue weighted by Crippen LogP contribution is 2.57. The minimum atomic E-state index is -0.705. The number of fused-ring (bicyclic) bond motifs is 5. The van der Waals surface area contributed by atoms with Gasteiger partial charge in [-0.25, -0.2) is 19.6 Å². The quantitative estimate of drug-likeness (QED) is 0.124. The Morgan fingerprint density at radius 3 is 1.85 bits per heavy atom. The Morgan fingerprint density at radius 2 is 1.31 bits per heavy atom. The Morgan fingerprint density at radius 1 is 0.758 bits per heavy atom. The number of hydrogen-bond donors (Lipinski definition) is 4. The lowest BCUT2D eigenvalue weighted by Crippen LogP contribution is -2.53. The first kappa shape index (κ1) is 44.4. The number of likely N-dealkylation sites (tertiary alicyclic amines) is 2. The lowest BCUT2D eigenvalue weighted by molar-refractivity contribution is -0.139. The molecule has 332 valence electrons. The summed E-state index contributed by atoms with van der Waals surface area (Å²) in [6.45, 7) is 15.2. The number of carbonyl (C=O) groups is 4. The van der Waals surface area contributed by atoms with Crippen LogP contribution in [0.25, 0.3) is 22.4 Å². The van der Waals surface area contributed by atoms with Crippen molar-refractivity contribution in [3.8, 4) is 11.3 Å². The third kappa shape index (κ3) is 8.96. The molecule has 0 spiro atoms. The van der Waals surface area contributed by atoms with Gasteiger partial charge in [0.2, 0.25) is 11.8 Å². The first-order valence-electron chi connectivity index (χ1n) is 22.4. The number of methoxy groups -OCH3 is 2. The molecule has 62 heavy (non-hydrogen) atoms. The van der Waals surface area contributed by atoms with Crippen LogP contribution in [-0.2, 0) is 19.1 Å². The number of piperidine rings is 2. The van der Waals surface area contributed by atoms with E-state index in [-0.39, 0.29) is 35.7 Å². The summed E-state index contributed by atoms with van der Waals surface area (Å²) in [5.41, 5.74) is 9.07. The van der Waals surface area contributed by atoms with Crippen LogP contribution in [0.15, 0.2) is 49.3 Å². The predicted molar refractivity (Wildman–Crippen MR) is 239 cm³/mol. The minimum absolute atomic E-state index is 0.110. The van der Waals surface area contributed by atoms with Crippen molar-refractivity contribution >= 4 is 35.1 Å². The molecule has 2 saturated heterocycles. The fourth-order valence-electron chi connectivity index (χ4n) is 10.2. The van der Waals surface area contributed by atoms with E-state index in [4.69, 9.17) is 19.4 Å². The zero-order chi connectivity index (χ0) is 44.2. The number of alkyl carbamates (subject to hydrolysis) is 2. The molecule has 1 saturated carbocycles. The second-order valence-electron chi connectivity index (χ2n) is 18.0. The van der Waals surface area contributed by atoms with Crippen LogP contribution >= 0.6 is 0 Å². The number of ether oxygens (including phenoxy) is 2. The van der Waals surface area contributed by atoms with Gasteiger partial charge in [0.25, 0.3) is 0 Å². The maximum atomic E-state index is 13.9. The predicted octanol–water partition coefficient (Wildman–Crippen LogP) is 8.71. The van der Waals surface area contributed by atoms with E-state index < -0.39 is 24.3 Å². The van der Waals surface area contributed by atoms with Crippen LogP contribution < -0.4 is 10.6 Å². The van der Waals surface area contributed by atoms with E-state index in [1.807, 2.05) is 56.0 Å². The molecule has 4 N–H and O–H groups in total. The van der Waals surface area contributed by atoms with Gasteiger partial charge in [-0.2, -0.15) is 0 Å². The highest BCUT2D eigenvalue weighted by atomic mass is 16.5. The van der Waals surface area contributed by atoms with Gasteiger partial charge in [-0.05, 0) is 116 Å². The van der Waals surface area contributed by atoms with E-state index in [2.05, 4.69) is 58.4 Å². The maximum absolute atomic E-state index is 13.9. The highest BCUT2D eigenvalue weighted by molar-refractivity contribution is 5.87. The topological polar surface area (TPSA) is 175 Å². The number of nitrogens with zero attached hydrogens (tertiary/aromatic N) is 4. The van der Waals surface area contributed by atoms with Crippen molar-refractivity contribution in [3.63, 3.8) is 0 Å². The maximum Gasteiger partial charge on any atom is 0.407 e. The molecule has 4 heterocycles. The number of carbonyl (C=O) groups excluding carboxylic acids is 4. The molecule has 7 rings (SSSR count). The monoisotopic (exact) mass is 848 g/mol. The number of H-pyrrole nitrogens is 2. The highest BCUT2D eigenvalue weighted by Gasteiger charge is 2.42. The van der Waals surface area contributed by atoms with Crippen LogP contribution in [0.2, 0.25) is 0 Å². The Bertz CT molecular complexity index is 2220. The number of allylic oxidation sites excluding steroid dienone is 5. The second kappa shape index (κ2) is 19.2. The number of rotatable bonds is 13. The molecule has 14 heteroatoms. The van der Waals surface area contributed by atoms with Gasteiger partial charge in [0.05, 0.1) is 50.1 Å². The van der Waals surface area contributed by atoms with E-state index in [1.54, 1.807) is 0 Å². The molecule has 3 aromatic rings. The van der Waals surface area contributed by atoms with E-state index in [9.17, 15) is 19.2 Å². The average Bonchev–Trinajstić information content (AvgIpc) is 4.13. The molecule has 6 unspecified atom stereocenters. The van der Waals surface area contributed by atoms with E-state index >= 15 is 0 Å². The molecule has 0 radical (unpaired) electrons. The Kier molecular flexibility index (Phi) is 13.7. The molecular formula is C48H64N8O6. The summed E-state index contributed by atoms with van der Waals surface area (Å²) in [6.07, 6.45) is 17.3. The van der Waals surface area contributed by atoms with Crippen LogP contribution in [0.5, 0.6) is 0 Å². The van der Waals surface area contributed by atoms with Crippen LogP contribution in [0, 0.1) is 11.8 Å². The number of nitrogens with one attached hydrogen (secondary N) is 4. The van der Waals surface area contributed by atoms with Crippen molar-refractivity contribution in [1.82, 2.24) is 40.4 Å². The van der Waals surface area contributed by atoms with Crippen molar-refractivity contribution in [2.75, 3.05) is 27.3 Å². The van der Waals surface area contributed by atoms with Gasteiger partial charge in [-0.3, -0.25) is 9.59 Å². The number of hydrogen-bond acceptors (Lipinski definition) is 8. The molecule has 6 atom stereocenters. The molecule has 3 fully saturated rings. The molecule has 2 aliphatic heterocycles. The fourth-order valence-corrected chi connectivity index (χ4v) is 10.2. The van der Waals surface area contributed by atoms with Crippen LogP contribution in [0.3, 0.4) is 0 Å². The molecule has 4 aliphatic rings. The summed E-state index contributed by atoms with van der Waals surface area (Å²) >= 11 is 0. The molecule has 2 aromatic heterocycles. The molecule has 2 bridgehead atoms. The van der Waals surface area contributed by atoms with E-state index in [1.165, 1.54) is 49.3 Å². The summed E-state index contributed by atoms with van der Waals surface area (Å²) in [5.74, 6) is 1.98. The van der Waals surface area contributed by atoms with Gasteiger partial charge in [-0.15, -0.1) is 0 Å². The molecule has 2 aliphatic carbocycles. The largest absolute Gasteiger partial charge is 0.453 e. The van der Waals surface area contributed by atoms with E-state index in [0.717, 1.165) is 73.3 Å². The van der Waals surface area contributed by atoms with Gasteiger partial charge in [0.1, 0.15) is 23.7 Å². The molecule has 14 nitrogen and oxygen atoms in total. The molecule has 1 aromatic carbocycles. The minimum Gasteiger partial charge on any atom is -0.453 e. The Hall–Kier alpha value is -5.66. The van der Waals surface area contributed by atoms with Gasteiger partial charge in [-0.1, -0.05) is 64.6 Å². The van der Waals surface area contributed by atoms with Crippen LogP contribution in [0.4, 0.5) is 9.59 Å². The van der Waals surface area contributed by atoms with Gasteiger partial charge in [0.15, 0.2) is 0 Å². The van der Waals surface area contributed by atoms with Crippen LogP contribution in [0.1, 0.15) is 150 Å². The second-order valence-corrected chi connectivity index (χ2v) is 18.0. The summed E-state index contributed by atoms with van der Waals surface area (Å²) in [5, 5.41) is 5.49. The smallest absolute Gasteiger partial charge is 0.407 e. The SMILES string of the molecule is C=C/C(=C\C=C(/C)c1ccc(-c2cnc(C3CCCCN3C(=O)C(NC(=O)OC)C(C)C)[nH]2)c2c1C1CCC2C1)c1cnc(C2CCCCN2C(=O)C(NC(=O)OC)C(C)C)[nH]1. The van der Waals surface area contributed by atoms with Gasteiger partial charge >= 0.3 is 12.2 Å². The summed E-state index contributed by atoms with van der Waals surface area (Å²) in [7, 11) is 2.61. The fraction of sp³-hybridized carbons (Fsp3) is 0.542. The normalized spacial score (nSPS) is 22.3. The molecule has 4 amide bonds. The van der Waals surface area contributed by atoms with E-state index in [0.29, 0.717) is 30.7 Å². The van der Waals surface area contributed by atoms with Gasteiger partial charge < -0.3 is 39.9 Å². The lowest BCUT2D eigenvalue weighted by atomic mass is 9.82. The number of aromatic nitrogens is 4. The first-order valence-corrected chi connectivity index (χ1v) is 22.4. The van der Waals surface area contributed by atoms with Crippen molar-refractivity contribution in [2.24, 2.45) is 11.8 Å². The third-order valence-corrected chi connectivity index (χ3v) is 13.5. The first-order chi connectivity index (χ1) is 29.8. The Labute approximate surface area is 365 Å². The standard InChI is InChI=1S/C48H64N8O6/c1-9-30(35-25-49-43(51-35)37-14-10-12-22-55(37)45(57)41(27(2)3)53-47(59)61-7)17-16-29(6)33-20-21-34(40-32-19-18-31(24-32)39(33)40)36-26-50-44(52-36)38-15-11-13-23-56(38)46(58)42(28(4)5)54-48(60)62-8/h9,16-17,20-21,25-28,31-32,37-38,41-42H,1,10-15,18-19,22-24H2,2-8H3,(H,49,51)(H,50,52)(H,53,59)(H,54,60)/b29-16+,30-17+. The average molecular weight is 849 g/mol. The summed E-state index contributed by atoms with van der Waals surface area (Å²) < 4.78 is 9.65. The number of amides is 4. The summed E-state index contributed by atoms with van der Waals surface area (Å²) in [4.78, 5) is 72.6. The van der Waals surface area contributed by atoms with Crippen molar-refractivity contribution in [2.45, 2.75) is 128 Å². The zero-order valence-corrected chi connectivity index (χ0v) is 37.4. The zero-order valence-electron chi connectivity index (χ0n) is 37.4. The third-order valence-electron chi connectivity index (χ3n) is 13.5. The summed E-state index contributed by atoms with van der Waals surface area (Å²) in [6, 6.07) is 2.61. The van der Waals surface area contributed by atoms with Crippen molar-refractivity contribution < 1.29 is 28.7 Å². The number of aromatic amines is 2. The van der Waals surface area contributed by atoms with Crippen molar-refractivity contribution in [1.29, 1.82) is 0 Å². The number of benzene rings is 1. The van der Waals surface area contributed by atoms with Crippen molar-refractivity contribution in [3.05, 3.63) is 83.4 Å². The van der Waals surface area contributed by atoms with Gasteiger partial charge in [0, 0.05) is 18.7 Å². The Balaban J connectivity index is 1.13. The number of imidazole rings is 2.